The van der Waals surface area contributed by atoms with Crippen LogP contribution in [0.2, 0.25) is 5.02 Å². The zero-order valence-corrected chi connectivity index (χ0v) is 19.2. The number of hydrogen-bond donors (Lipinski definition) is 1. The monoisotopic (exact) mass is 481 g/mol. The summed E-state index contributed by atoms with van der Waals surface area (Å²) in [5, 5.41) is 3.56. The molecule has 1 amide bonds. The van der Waals surface area contributed by atoms with Crippen LogP contribution in [0.1, 0.15) is 12.8 Å². The van der Waals surface area contributed by atoms with Crippen molar-refractivity contribution in [1.82, 2.24) is 9.29 Å². The highest BCUT2D eigenvalue weighted by Gasteiger charge is 2.39. The molecule has 8 nitrogen and oxygen atoms in total. The number of benzene rings is 2. The predicted octanol–water partition coefficient (Wildman–Crippen LogP) is 3.76. The molecule has 0 bridgehead atoms. The van der Waals surface area contributed by atoms with Gasteiger partial charge in [0.1, 0.15) is 27.8 Å². The molecule has 11 heteroatoms. The summed E-state index contributed by atoms with van der Waals surface area (Å²) in [5.74, 6) is 0.744. The van der Waals surface area contributed by atoms with Gasteiger partial charge < -0.3 is 14.8 Å². The van der Waals surface area contributed by atoms with Crippen LogP contribution in [-0.4, -0.2) is 50.4 Å². The number of ether oxygens (including phenoxy) is 2. The number of carbonyl (C=O) groups is 1. The fraction of sp³-hybridized carbons (Fsp3) is 0.300. The molecule has 1 aliphatic rings. The summed E-state index contributed by atoms with van der Waals surface area (Å²) in [6.45, 7) is 0.268. The molecule has 1 fully saturated rings. The molecule has 1 atom stereocenters. The first kappa shape index (κ1) is 21.8. The number of fused-ring (bicyclic) bond motifs is 1. The molecule has 1 saturated heterocycles. The number of anilines is 1. The Morgan fingerprint density at radius 2 is 1.84 bits per heavy atom. The fourth-order valence-corrected chi connectivity index (χ4v) is 6.32. The van der Waals surface area contributed by atoms with E-state index in [-0.39, 0.29) is 11.4 Å². The maximum absolute atomic E-state index is 13.1. The molecule has 2 aromatic carbocycles. The Kier molecular flexibility index (Phi) is 6.07. The number of hydrogen-bond acceptors (Lipinski definition) is 7. The van der Waals surface area contributed by atoms with Crippen LogP contribution in [0.4, 0.5) is 5.13 Å². The first-order valence-corrected chi connectivity index (χ1v) is 12.1. The van der Waals surface area contributed by atoms with Gasteiger partial charge in [-0.15, -0.1) is 0 Å². The van der Waals surface area contributed by atoms with Gasteiger partial charge in [0.05, 0.1) is 19.1 Å². The molecule has 0 spiro atoms. The van der Waals surface area contributed by atoms with E-state index < -0.39 is 22.0 Å². The number of thiazole rings is 1. The smallest absolute Gasteiger partial charge is 0.244 e. The van der Waals surface area contributed by atoms with Gasteiger partial charge in [-0.3, -0.25) is 4.79 Å². The number of carbonyl (C=O) groups excluding carboxylic acids is 1. The topological polar surface area (TPSA) is 97.8 Å². The first-order valence-electron chi connectivity index (χ1n) is 9.45. The van der Waals surface area contributed by atoms with Crippen molar-refractivity contribution in [2.45, 2.75) is 23.8 Å². The highest BCUT2D eigenvalue weighted by Crippen LogP contribution is 2.39. The Morgan fingerprint density at radius 3 is 2.52 bits per heavy atom. The van der Waals surface area contributed by atoms with Crippen molar-refractivity contribution in [1.29, 1.82) is 0 Å². The second kappa shape index (κ2) is 8.62. The third-order valence-electron chi connectivity index (χ3n) is 5.07. The van der Waals surface area contributed by atoms with Gasteiger partial charge in [-0.2, -0.15) is 4.31 Å². The lowest BCUT2D eigenvalue weighted by Gasteiger charge is -2.23. The molecule has 2 heterocycles. The SMILES string of the molecule is COc1ccc(OC)c2sc(NC(=O)C3CCCN3S(=O)(=O)c3ccc(Cl)cc3)nc12. The molecule has 0 saturated carbocycles. The van der Waals surface area contributed by atoms with Gasteiger partial charge >= 0.3 is 0 Å². The number of amides is 1. The van der Waals surface area contributed by atoms with Crippen LogP contribution in [0, 0.1) is 0 Å². The average Bonchev–Trinajstić information content (AvgIpc) is 3.41. The van der Waals surface area contributed by atoms with E-state index in [1.54, 1.807) is 19.2 Å². The number of rotatable bonds is 6. The van der Waals surface area contributed by atoms with Crippen LogP contribution in [0.25, 0.3) is 10.2 Å². The zero-order valence-electron chi connectivity index (χ0n) is 16.8. The zero-order chi connectivity index (χ0) is 22.2. The van der Waals surface area contributed by atoms with E-state index in [9.17, 15) is 13.2 Å². The Bertz CT molecular complexity index is 1190. The van der Waals surface area contributed by atoms with Gasteiger partial charge in [-0.25, -0.2) is 13.4 Å². The van der Waals surface area contributed by atoms with Crippen molar-refractivity contribution in [3.63, 3.8) is 0 Å². The van der Waals surface area contributed by atoms with Crippen LogP contribution in [0.15, 0.2) is 41.3 Å². The fourth-order valence-electron chi connectivity index (χ4n) is 3.56. The minimum atomic E-state index is -3.83. The maximum atomic E-state index is 13.1. The molecule has 31 heavy (non-hydrogen) atoms. The van der Waals surface area contributed by atoms with Gasteiger partial charge in [0.2, 0.25) is 15.9 Å². The molecule has 164 valence electrons. The highest BCUT2D eigenvalue weighted by atomic mass is 35.5. The van der Waals surface area contributed by atoms with Crippen molar-refractivity contribution >= 4 is 54.2 Å². The number of methoxy groups -OCH3 is 2. The van der Waals surface area contributed by atoms with Crippen LogP contribution in [-0.2, 0) is 14.8 Å². The number of sulfonamides is 1. The minimum absolute atomic E-state index is 0.103. The molecule has 1 aromatic heterocycles. The van der Waals surface area contributed by atoms with Gasteiger partial charge in [-0.1, -0.05) is 22.9 Å². The first-order chi connectivity index (χ1) is 14.8. The summed E-state index contributed by atoms with van der Waals surface area (Å²) in [7, 11) is -0.740. The van der Waals surface area contributed by atoms with E-state index in [1.165, 1.54) is 47.0 Å². The Morgan fingerprint density at radius 1 is 1.16 bits per heavy atom. The molecule has 4 rings (SSSR count). The van der Waals surface area contributed by atoms with Crippen LogP contribution >= 0.6 is 22.9 Å². The van der Waals surface area contributed by atoms with Crippen molar-refractivity contribution in [3.05, 3.63) is 41.4 Å². The molecule has 1 N–H and O–H groups in total. The Hall–Kier alpha value is -2.40. The molecule has 0 aliphatic carbocycles. The molecular formula is C20H20ClN3O5S2. The average molecular weight is 482 g/mol. The second-order valence-corrected chi connectivity index (χ2v) is 10.2. The van der Waals surface area contributed by atoms with Crippen LogP contribution < -0.4 is 14.8 Å². The van der Waals surface area contributed by atoms with E-state index in [1.807, 2.05) is 0 Å². The van der Waals surface area contributed by atoms with E-state index in [4.69, 9.17) is 21.1 Å². The summed E-state index contributed by atoms with van der Waals surface area (Å²) < 4.78 is 38.8. The molecule has 0 radical (unpaired) electrons. The van der Waals surface area contributed by atoms with Gasteiger partial charge in [0, 0.05) is 11.6 Å². The minimum Gasteiger partial charge on any atom is -0.495 e. The number of aromatic nitrogens is 1. The largest absolute Gasteiger partial charge is 0.495 e. The lowest BCUT2D eigenvalue weighted by Crippen LogP contribution is -2.43. The molecule has 1 unspecified atom stereocenters. The second-order valence-electron chi connectivity index (χ2n) is 6.88. The number of nitrogens with zero attached hydrogens (tertiary/aromatic N) is 2. The van der Waals surface area contributed by atoms with Crippen LogP contribution in [0.5, 0.6) is 11.5 Å². The van der Waals surface area contributed by atoms with Crippen molar-refractivity contribution in [2.75, 3.05) is 26.1 Å². The number of halogens is 1. The van der Waals surface area contributed by atoms with Crippen molar-refractivity contribution in [2.24, 2.45) is 0 Å². The molecule has 1 aliphatic heterocycles. The normalized spacial score (nSPS) is 17.1. The molecular weight excluding hydrogens is 462 g/mol. The third kappa shape index (κ3) is 4.08. The van der Waals surface area contributed by atoms with Gasteiger partial charge in [-0.05, 0) is 49.2 Å². The third-order valence-corrected chi connectivity index (χ3v) is 8.23. The highest BCUT2D eigenvalue weighted by molar-refractivity contribution is 7.89. The van der Waals surface area contributed by atoms with E-state index in [0.29, 0.717) is 40.0 Å². The summed E-state index contributed by atoms with van der Waals surface area (Å²) >= 11 is 7.11. The van der Waals surface area contributed by atoms with Crippen molar-refractivity contribution < 1.29 is 22.7 Å². The molecule has 3 aromatic rings. The quantitative estimate of drug-likeness (QED) is 0.575. The standard InChI is InChI=1S/C20H20ClN3O5S2/c1-28-15-9-10-16(29-2)18-17(15)22-20(30-18)23-19(25)14-4-3-11-24(14)31(26,27)13-7-5-12(21)6-8-13/h5-10,14H,3-4,11H2,1-2H3,(H,22,23,25). The van der Waals surface area contributed by atoms with E-state index in [2.05, 4.69) is 10.3 Å². The maximum Gasteiger partial charge on any atom is 0.244 e. The lowest BCUT2D eigenvalue weighted by atomic mass is 10.2. The van der Waals surface area contributed by atoms with Gasteiger partial charge in [0.25, 0.3) is 0 Å². The summed E-state index contributed by atoms with van der Waals surface area (Å²) in [6, 6.07) is 8.60. The summed E-state index contributed by atoms with van der Waals surface area (Å²) in [6.07, 6.45) is 1.02. The number of nitrogens with one attached hydrogen (secondary N) is 1. The Balaban J connectivity index is 1.60. The van der Waals surface area contributed by atoms with Crippen molar-refractivity contribution in [3.8, 4) is 11.5 Å². The van der Waals surface area contributed by atoms with Crippen LogP contribution in [0.3, 0.4) is 0 Å². The van der Waals surface area contributed by atoms with Gasteiger partial charge in [0.15, 0.2) is 5.13 Å². The summed E-state index contributed by atoms with van der Waals surface area (Å²) in [5.41, 5.74) is 0.569. The van der Waals surface area contributed by atoms with E-state index >= 15 is 0 Å². The summed E-state index contributed by atoms with van der Waals surface area (Å²) in [4.78, 5) is 17.6. The van der Waals surface area contributed by atoms with E-state index in [0.717, 1.165) is 4.70 Å². The Labute approximate surface area is 188 Å². The lowest BCUT2D eigenvalue weighted by molar-refractivity contribution is -0.119. The predicted molar refractivity (Wildman–Crippen MR) is 120 cm³/mol.